The number of likely N-dealkylation sites (N-methyl/N-ethyl adjacent to an activating group) is 1. The largest absolute Gasteiger partial charge is 0.459 e. The highest BCUT2D eigenvalue weighted by Gasteiger charge is 2.24. The number of ether oxygens (including phenoxy) is 1. The van der Waals surface area contributed by atoms with E-state index in [1.54, 1.807) is 35.2 Å². The fourth-order valence-corrected chi connectivity index (χ4v) is 4.54. The molecule has 1 N–H and O–H groups in total. The molecule has 0 saturated carbocycles. The molecule has 0 spiro atoms. The fourth-order valence-electron chi connectivity index (χ4n) is 4.54. The summed E-state index contributed by atoms with van der Waals surface area (Å²) in [5, 5.41) is 3.94. The van der Waals surface area contributed by atoms with Crippen LogP contribution < -0.4 is 5.32 Å². The second-order valence-corrected chi connectivity index (χ2v) is 9.26. The Morgan fingerprint density at radius 1 is 1.22 bits per heavy atom. The molecule has 0 radical (unpaired) electrons. The number of fused-ring (bicyclic) bond motifs is 2. The fraction of sp³-hybridized carbons (Fsp3) is 0.370. The van der Waals surface area contributed by atoms with Crippen LogP contribution in [0.4, 0.5) is 10.6 Å². The predicted molar refractivity (Wildman–Crippen MR) is 137 cm³/mol. The minimum absolute atomic E-state index is 0.131. The van der Waals surface area contributed by atoms with E-state index in [0.717, 1.165) is 66.3 Å². The van der Waals surface area contributed by atoms with Crippen molar-refractivity contribution in [2.24, 2.45) is 0 Å². The number of carbonyl (C=O) groups is 2. The summed E-state index contributed by atoms with van der Waals surface area (Å²) in [6, 6.07) is 9.71. The number of benzene rings is 1. The molecule has 188 valence electrons. The summed E-state index contributed by atoms with van der Waals surface area (Å²) < 4.78 is 11.3. The minimum atomic E-state index is -0.135. The number of morpholine rings is 1. The van der Waals surface area contributed by atoms with Crippen LogP contribution in [-0.4, -0.2) is 78.1 Å². The molecule has 2 aliphatic heterocycles. The summed E-state index contributed by atoms with van der Waals surface area (Å²) in [5.41, 5.74) is 3.61. The van der Waals surface area contributed by atoms with Gasteiger partial charge in [0.2, 0.25) is 5.91 Å². The van der Waals surface area contributed by atoms with Gasteiger partial charge in [-0.3, -0.25) is 15.0 Å². The second kappa shape index (κ2) is 10.5. The second-order valence-electron chi connectivity index (χ2n) is 9.26. The number of aryl methyl sites for hydroxylation is 1. The molecule has 9 nitrogen and oxygen atoms in total. The number of aromatic nitrogens is 1. The topological polar surface area (TPSA) is 91.2 Å². The number of nitrogens with one attached hydrogen (secondary N) is 1. The molecule has 2 aromatic heterocycles. The molecule has 0 bridgehead atoms. The maximum Gasteiger partial charge on any atom is 0.323 e. The van der Waals surface area contributed by atoms with Crippen LogP contribution in [0.5, 0.6) is 0 Å². The van der Waals surface area contributed by atoms with Crippen LogP contribution in [0.1, 0.15) is 22.5 Å². The molecule has 0 unspecified atom stereocenters. The lowest BCUT2D eigenvalue weighted by Gasteiger charge is -2.32. The van der Waals surface area contributed by atoms with Gasteiger partial charge in [-0.25, -0.2) is 9.78 Å². The monoisotopic (exact) mass is 489 g/mol. The van der Waals surface area contributed by atoms with Crippen molar-refractivity contribution in [2.45, 2.75) is 20.0 Å². The lowest BCUT2D eigenvalue weighted by molar-refractivity contribution is -0.125. The molecular weight excluding hydrogens is 458 g/mol. The third kappa shape index (κ3) is 5.27. The smallest absolute Gasteiger partial charge is 0.323 e. The third-order valence-corrected chi connectivity index (χ3v) is 6.77. The molecule has 2 aliphatic rings. The zero-order chi connectivity index (χ0) is 25.1. The quantitative estimate of drug-likeness (QED) is 0.511. The van der Waals surface area contributed by atoms with Crippen LogP contribution >= 0.6 is 0 Å². The lowest BCUT2D eigenvalue weighted by Crippen LogP contribution is -2.45. The number of amides is 3. The number of urea groups is 1. The molecule has 36 heavy (non-hydrogen) atoms. The first-order chi connectivity index (χ1) is 17.5. The first-order valence-electron chi connectivity index (χ1n) is 12.2. The van der Waals surface area contributed by atoms with E-state index in [1.165, 1.54) is 0 Å². The highest BCUT2D eigenvalue weighted by molar-refractivity contribution is 5.93. The molecule has 0 atom stereocenters. The Morgan fingerprint density at radius 3 is 2.83 bits per heavy atom. The predicted octanol–water partition coefficient (Wildman–Crippen LogP) is 3.49. The molecule has 1 fully saturated rings. The average molecular weight is 490 g/mol. The van der Waals surface area contributed by atoms with E-state index in [2.05, 4.69) is 15.2 Å². The minimum Gasteiger partial charge on any atom is -0.459 e. The molecule has 1 saturated heterocycles. The van der Waals surface area contributed by atoms with Gasteiger partial charge in [0.25, 0.3) is 0 Å². The van der Waals surface area contributed by atoms with E-state index in [1.807, 2.05) is 37.3 Å². The van der Waals surface area contributed by atoms with E-state index < -0.39 is 0 Å². The van der Waals surface area contributed by atoms with Crippen molar-refractivity contribution >= 4 is 34.8 Å². The van der Waals surface area contributed by atoms with Gasteiger partial charge >= 0.3 is 6.03 Å². The number of para-hydroxylation sites is 1. The van der Waals surface area contributed by atoms with E-state index in [0.29, 0.717) is 25.5 Å². The summed E-state index contributed by atoms with van der Waals surface area (Å²) in [5.74, 6) is 1.22. The standard InChI is InChI=1S/C27H31N5O4/c1-19-22-5-3-4-6-23(22)36-24(19)18-30(2)25(33)8-7-20-15-21-17-32(27(34)29-26(21)28-16-20)10-9-31-11-13-35-14-12-31/h3-8,15-16H,9-14,17-18H2,1-2H3,(H,28,29,34)/b8-7+. The van der Waals surface area contributed by atoms with Crippen LogP contribution in [0.2, 0.25) is 0 Å². The Balaban J connectivity index is 1.21. The molecule has 0 aliphatic carbocycles. The molecule has 5 rings (SSSR count). The lowest BCUT2D eigenvalue weighted by atomic mass is 10.1. The van der Waals surface area contributed by atoms with E-state index >= 15 is 0 Å². The van der Waals surface area contributed by atoms with Crippen LogP contribution in [0, 0.1) is 6.92 Å². The zero-order valence-corrected chi connectivity index (χ0v) is 20.7. The highest BCUT2D eigenvalue weighted by Crippen LogP contribution is 2.26. The van der Waals surface area contributed by atoms with E-state index in [4.69, 9.17) is 9.15 Å². The van der Waals surface area contributed by atoms with Crippen LogP contribution in [-0.2, 0) is 22.6 Å². The van der Waals surface area contributed by atoms with Gasteiger partial charge in [0.1, 0.15) is 17.2 Å². The summed E-state index contributed by atoms with van der Waals surface area (Å²) in [7, 11) is 1.76. The Bertz CT molecular complexity index is 1290. The molecule has 3 aromatic rings. The van der Waals surface area contributed by atoms with Crippen molar-refractivity contribution in [3.05, 3.63) is 65.1 Å². The maximum atomic E-state index is 12.8. The molecule has 1 aromatic carbocycles. The zero-order valence-electron chi connectivity index (χ0n) is 20.7. The van der Waals surface area contributed by atoms with Crippen molar-refractivity contribution < 1.29 is 18.7 Å². The average Bonchev–Trinajstić information content (AvgIpc) is 3.21. The summed E-state index contributed by atoms with van der Waals surface area (Å²) in [6.07, 6.45) is 4.96. The van der Waals surface area contributed by atoms with Crippen molar-refractivity contribution in [1.82, 2.24) is 19.7 Å². The maximum absolute atomic E-state index is 12.8. The van der Waals surface area contributed by atoms with Crippen molar-refractivity contribution in [1.29, 1.82) is 0 Å². The van der Waals surface area contributed by atoms with Gasteiger partial charge in [-0.2, -0.15) is 0 Å². The van der Waals surface area contributed by atoms with Crippen molar-refractivity contribution in [2.75, 3.05) is 51.8 Å². The number of pyridine rings is 1. The molecule has 3 amide bonds. The summed E-state index contributed by atoms with van der Waals surface area (Å²) in [6.45, 7) is 7.58. The number of rotatable bonds is 7. The van der Waals surface area contributed by atoms with Gasteiger partial charge in [0.05, 0.1) is 26.3 Å². The number of hydrogen-bond donors (Lipinski definition) is 1. The van der Waals surface area contributed by atoms with Gasteiger partial charge in [0, 0.05) is 62.0 Å². The Hall–Kier alpha value is -3.69. The van der Waals surface area contributed by atoms with Gasteiger partial charge in [-0.1, -0.05) is 18.2 Å². The summed E-state index contributed by atoms with van der Waals surface area (Å²) in [4.78, 5) is 35.4. The summed E-state index contributed by atoms with van der Waals surface area (Å²) >= 11 is 0. The number of hydrogen-bond acceptors (Lipinski definition) is 6. The van der Waals surface area contributed by atoms with Crippen LogP contribution in [0.15, 0.2) is 47.0 Å². The number of nitrogens with zero attached hydrogens (tertiary/aromatic N) is 4. The Labute approximate surface area is 210 Å². The first-order valence-corrected chi connectivity index (χ1v) is 12.2. The van der Waals surface area contributed by atoms with Gasteiger partial charge in [-0.05, 0) is 30.7 Å². The highest BCUT2D eigenvalue weighted by atomic mass is 16.5. The normalized spacial score (nSPS) is 16.4. The van der Waals surface area contributed by atoms with Gasteiger partial charge in [-0.15, -0.1) is 0 Å². The Morgan fingerprint density at radius 2 is 2.03 bits per heavy atom. The number of anilines is 1. The van der Waals surface area contributed by atoms with Crippen LogP contribution in [0.3, 0.4) is 0 Å². The SMILES string of the molecule is Cc1c(CN(C)C(=O)/C=C/c2cnc3c(c2)CN(CCN2CCOCC2)C(=O)N3)oc2ccccc12. The Kier molecular flexibility index (Phi) is 7.02. The van der Waals surface area contributed by atoms with Gasteiger partial charge in [0.15, 0.2) is 0 Å². The van der Waals surface area contributed by atoms with Gasteiger partial charge < -0.3 is 19.0 Å². The van der Waals surface area contributed by atoms with E-state index in [9.17, 15) is 9.59 Å². The first kappa shape index (κ1) is 24.0. The van der Waals surface area contributed by atoms with E-state index in [-0.39, 0.29) is 11.9 Å². The number of furan rings is 1. The van der Waals surface area contributed by atoms with Crippen molar-refractivity contribution in [3.8, 4) is 0 Å². The molecule has 9 heteroatoms. The van der Waals surface area contributed by atoms with Crippen molar-refractivity contribution in [3.63, 3.8) is 0 Å². The third-order valence-electron chi connectivity index (χ3n) is 6.77. The molecule has 4 heterocycles. The van der Waals surface area contributed by atoms with Crippen LogP contribution in [0.25, 0.3) is 17.0 Å². The number of carbonyl (C=O) groups excluding carboxylic acids is 2. The molecular formula is C27H31N5O4.